The summed E-state index contributed by atoms with van der Waals surface area (Å²) < 4.78 is 0. The van der Waals surface area contributed by atoms with Gasteiger partial charge in [-0.05, 0) is 55.3 Å². The molecule has 0 aliphatic carbocycles. The van der Waals surface area contributed by atoms with Crippen LogP contribution >= 0.6 is 23.2 Å². The van der Waals surface area contributed by atoms with Crippen LogP contribution in [0.4, 0.5) is 17.1 Å². The average molecular weight is 392 g/mol. The molecule has 0 radical (unpaired) electrons. The summed E-state index contributed by atoms with van der Waals surface area (Å²) in [7, 11) is 0. The Bertz CT molecular complexity index is 803. The van der Waals surface area contributed by atoms with Crippen molar-refractivity contribution in [3.8, 4) is 0 Å². The van der Waals surface area contributed by atoms with Crippen molar-refractivity contribution < 1.29 is 9.59 Å². The number of anilines is 3. The summed E-state index contributed by atoms with van der Waals surface area (Å²) in [5.74, 6) is -0.832. The number of hydrogen-bond acceptors (Lipinski definition) is 3. The van der Waals surface area contributed by atoms with Crippen molar-refractivity contribution in [2.45, 2.75) is 19.3 Å². The standard InChI is InChI=1S/C19H19Cl2N3O2/c20-13-3-8-17(16(21)11-13)23-19(26)12-18(25)22-14-4-6-15(7-5-14)24-9-1-2-10-24/h3-8,11H,1-2,9-10,12H2,(H,22,25)(H,23,26). The molecule has 0 atom stereocenters. The van der Waals surface area contributed by atoms with E-state index in [0.29, 0.717) is 21.4 Å². The minimum atomic E-state index is -0.444. The highest BCUT2D eigenvalue weighted by atomic mass is 35.5. The van der Waals surface area contributed by atoms with Crippen LogP contribution in [0.1, 0.15) is 19.3 Å². The molecule has 1 saturated heterocycles. The van der Waals surface area contributed by atoms with Crippen molar-refractivity contribution in [3.63, 3.8) is 0 Å². The summed E-state index contributed by atoms with van der Waals surface area (Å²) in [5.41, 5.74) is 2.23. The van der Waals surface area contributed by atoms with Crippen LogP contribution in [-0.4, -0.2) is 24.9 Å². The lowest BCUT2D eigenvalue weighted by Gasteiger charge is -2.17. The number of carbonyl (C=O) groups is 2. The predicted molar refractivity (Wildman–Crippen MR) is 106 cm³/mol. The molecule has 2 N–H and O–H groups in total. The number of rotatable bonds is 5. The molecule has 1 aliphatic rings. The van der Waals surface area contributed by atoms with Crippen LogP contribution in [0, 0.1) is 0 Å². The zero-order valence-corrected chi connectivity index (χ0v) is 15.6. The van der Waals surface area contributed by atoms with E-state index in [-0.39, 0.29) is 12.3 Å². The molecule has 1 aliphatic heterocycles. The molecule has 26 heavy (non-hydrogen) atoms. The summed E-state index contributed by atoms with van der Waals surface area (Å²) >= 11 is 11.8. The van der Waals surface area contributed by atoms with Gasteiger partial charge in [0.25, 0.3) is 0 Å². The second-order valence-corrected chi connectivity index (χ2v) is 6.98. The SMILES string of the molecule is O=C(CC(=O)Nc1ccc(Cl)cc1Cl)Nc1ccc(N2CCCC2)cc1. The maximum Gasteiger partial charge on any atom is 0.233 e. The summed E-state index contributed by atoms with van der Waals surface area (Å²) in [6, 6.07) is 12.4. The number of carbonyl (C=O) groups excluding carboxylic acids is 2. The maximum atomic E-state index is 12.1. The van der Waals surface area contributed by atoms with Gasteiger partial charge >= 0.3 is 0 Å². The molecule has 7 heteroatoms. The monoisotopic (exact) mass is 391 g/mol. The molecule has 5 nitrogen and oxygen atoms in total. The molecule has 0 saturated carbocycles. The zero-order valence-electron chi connectivity index (χ0n) is 14.1. The molecule has 2 aromatic carbocycles. The van der Waals surface area contributed by atoms with Crippen LogP contribution in [-0.2, 0) is 9.59 Å². The Labute approximate surface area is 162 Å². The van der Waals surface area contributed by atoms with Crippen molar-refractivity contribution in [3.05, 3.63) is 52.5 Å². The normalized spacial score (nSPS) is 13.5. The van der Waals surface area contributed by atoms with E-state index in [1.165, 1.54) is 18.9 Å². The van der Waals surface area contributed by atoms with Crippen LogP contribution in [0.3, 0.4) is 0 Å². The van der Waals surface area contributed by atoms with Gasteiger partial charge in [-0.3, -0.25) is 9.59 Å². The fraction of sp³-hybridized carbons (Fsp3) is 0.263. The summed E-state index contributed by atoms with van der Waals surface area (Å²) in [5, 5.41) is 6.13. The van der Waals surface area contributed by atoms with Gasteiger partial charge in [-0.15, -0.1) is 0 Å². The van der Waals surface area contributed by atoms with Crippen molar-refractivity contribution in [1.82, 2.24) is 0 Å². The number of halogens is 2. The van der Waals surface area contributed by atoms with Gasteiger partial charge in [0.05, 0.1) is 10.7 Å². The van der Waals surface area contributed by atoms with Gasteiger partial charge in [-0.2, -0.15) is 0 Å². The third-order valence-corrected chi connectivity index (χ3v) is 4.70. The largest absolute Gasteiger partial charge is 0.372 e. The van der Waals surface area contributed by atoms with E-state index in [9.17, 15) is 9.59 Å². The second kappa shape index (κ2) is 8.43. The van der Waals surface area contributed by atoms with E-state index in [1.54, 1.807) is 12.1 Å². The van der Waals surface area contributed by atoms with Gasteiger partial charge in [-0.25, -0.2) is 0 Å². The highest BCUT2D eigenvalue weighted by Gasteiger charge is 2.14. The Balaban J connectivity index is 1.52. The third-order valence-electron chi connectivity index (χ3n) is 4.15. The first-order chi connectivity index (χ1) is 12.5. The molecule has 0 spiro atoms. The van der Waals surface area contributed by atoms with Crippen molar-refractivity contribution in [1.29, 1.82) is 0 Å². The van der Waals surface area contributed by atoms with E-state index < -0.39 is 5.91 Å². The molecular weight excluding hydrogens is 373 g/mol. The van der Waals surface area contributed by atoms with Crippen molar-refractivity contribution in [2.75, 3.05) is 28.6 Å². The summed E-state index contributed by atoms with van der Waals surface area (Å²) in [6.07, 6.45) is 2.13. The van der Waals surface area contributed by atoms with Crippen LogP contribution in [0.25, 0.3) is 0 Å². The van der Waals surface area contributed by atoms with E-state index in [4.69, 9.17) is 23.2 Å². The van der Waals surface area contributed by atoms with Gasteiger partial charge < -0.3 is 15.5 Å². The van der Waals surface area contributed by atoms with Crippen molar-refractivity contribution >= 4 is 52.1 Å². The number of nitrogens with one attached hydrogen (secondary N) is 2. The molecule has 0 aromatic heterocycles. The van der Waals surface area contributed by atoms with E-state index in [2.05, 4.69) is 15.5 Å². The fourth-order valence-corrected chi connectivity index (χ4v) is 3.32. The molecular formula is C19H19Cl2N3O2. The quantitative estimate of drug-likeness (QED) is 0.734. The Morgan fingerprint density at radius 3 is 2.23 bits per heavy atom. The van der Waals surface area contributed by atoms with Gasteiger partial charge in [-0.1, -0.05) is 23.2 Å². The fourth-order valence-electron chi connectivity index (χ4n) is 2.87. The van der Waals surface area contributed by atoms with Gasteiger partial charge in [0, 0.05) is 29.5 Å². The number of hydrogen-bond donors (Lipinski definition) is 2. The Hall–Kier alpha value is -2.24. The van der Waals surface area contributed by atoms with Gasteiger partial charge in [0.1, 0.15) is 6.42 Å². The topological polar surface area (TPSA) is 61.4 Å². The van der Waals surface area contributed by atoms with E-state index >= 15 is 0 Å². The lowest BCUT2D eigenvalue weighted by molar-refractivity contribution is -0.123. The molecule has 3 rings (SSSR count). The molecule has 0 bridgehead atoms. The zero-order chi connectivity index (χ0) is 18.5. The molecule has 2 aromatic rings. The lowest BCUT2D eigenvalue weighted by Crippen LogP contribution is -2.21. The third kappa shape index (κ3) is 4.90. The first kappa shape index (κ1) is 18.5. The Morgan fingerprint density at radius 1 is 0.923 bits per heavy atom. The number of nitrogens with zero attached hydrogens (tertiary/aromatic N) is 1. The average Bonchev–Trinajstić information content (AvgIpc) is 3.12. The highest BCUT2D eigenvalue weighted by Crippen LogP contribution is 2.25. The first-order valence-corrected chi connectivity index (χ1v) is 9.16. The Kier molecular flexibility index (Phi) is 6.01. The lowest BCUT2D eigenvalue weighted by atomic mass is 10.2. The molecule has 1 heterocycles. The summed E-state index contributed by atoms with van der Waals surface area (Å²) in [6.45, 7) is 2.14. The van der Waals surface area contributed by atoms with Gasteiger partial charge in [0.15, 0.2) is 0 Å². The predicted octanol–water partition coefficient (Wildman–Crippen LogP) is 4.56. The maximum absolute atomic E-state index is 12.1. The summed E-state index contributed by atoms with van der Waals surface area (Å²) in [4.78, 5) is 26.4. The molecule has 2 amide bonds. The minimum absolute atomic E-state index is 0.299. The number of amides is 2. The smallest absolute Gasteiger partial charge is 0.233 e. The first-order valence-electron chi connectivity index (χ1n) is 8.41. The minimum Gasteiger partial charge on any atom is -0.372 e. The number of benzene rings is 2. The van der Waals surface area contributed by atoms with Crippen LogP contribution in [0.2, 0.25) is 10.0 Å². The van der Waals surface area contributed by atoms with Crippen LogP contribution < -0.4 is 15.5 Å². The molecule has 136 valence electrons. The van der Waals surface area contributed by atoms with E-state index in [0.717, 1.165) is 18.8 Å². The van der Waals surface area contributed by atoms with E-state index in [1.807, 2.05) is 24.3 Å². The Morgan fingerprint density at radius 2 is 1.58 bits per heavy atom. The van der Waals surface area contributed by atoms with Crippen molar-refractivity contribution in [2.24, 2.45) is 0 Å². The van der Waals surface area contributed by atoms with Crippen LogP contribution in [0.15, 0.2) is 42.5 Å². The second-order valence-electron chi connectivity index (χ2n) is 6.14. The molecule has 0 unspecified atom stereocenters. The van der Waals surface area contributed by atoms with Crippen LogP contribution in [0.5, 0.6) is 0 Å². The molecule has 1 fully saturated rings. The highest BCUT2D eigenvalue weighted by molar-refractivity contribution is 6.36. The van der Waals surface area contributed by atoms with Gasteiger partial charge in [0.2, 0.25) is 11.8 Å².